The number of carbonyl (C=O) groups excluding carboxylic acids is 2. The van der Waals surface area contributed by atoms with Gasteiger partial charge in [-0.05, 0) is 68.1 Å². The topological polar surface area (TPSA) is 86.8 Å². The van der Waals surface area contributed by atoms with Crippen LogP contribution in [0.5, 0.6) is 0 Å². The molecule has 0 fully saturated rings. The van der Waals surface area contributed by atoms with Crippen molar-refractivity contribution >= 4 is 27.5 Å². The van der Waals surface area contributed by atoms with Gasteiger partial charge in [0.2, 0.25) is 11.8 Å². The maximum absolute atomic E-state index is 13.8. The van der Waals surface area contributed by atoms with Gasteiger partial charge in [0.15, 0.2) is 0 Å². The fourth-order valence-electron chi connectivity index (χ4n) is 3.89. The molecule has 0 saturated heterocycles. The van der Waals surface area contributed by atoms with Crippen LogP contribution in [0, 0.1) is 13.8 Å². The Morgan fingerprint density at radius 2 is 1.51 bits per heavy atom. The summed E-state index contributed by atoms with van der Waals surface area (Å²) in [5, 5.41) is 2.84. The van der Waals surface area contributed by atoms with Crippen molar-refractivity contribution in [2.24, 2.45) is 0 Å². The summed E-state index contributed by atoms with van der Waals surface area (Å²) >= 11 is 0. The summed E-state index contributed by atoms with van der Waals surface area (Å²) in [6.07, 6.45) is 0.765. The first-order valence-electron chi connectivity index (χ1n) is 12.4. The van der Waals surface area contributed by atoms with Gasteiger partial charge in [0, 0.05) is 13.1 Å². The molecule has 0 radical (unpaired) electrons. The van der Waals surface area contributed by atoms with Crippen molar-refractivity contribution in [3.8, 4) is 0 Å². The van der Waals surface area contributed by atoms with Crippen LogP contribution < -0.4 is 9.62 Å². The van der Waals surface area contributed by atoms with Gasteiger partial charge >= 0.3 is 0 Å². The van der Waals surface area contributed by atoms with Crippen LogP contribution in [-0.4, -0.2) is 44.3 Å². The SMILES string of the molecule is CCCNC(=O)C(C)N(Cc1ccccc1)C(=O)CN(c1ccc(C)c(C)c1)S(=O)(=O)c1ccccc1. The van der Waals surface area contributed by atoms with E-state index < -0.39 is 28.5 Å². The van der Waals surface area contributed by atoms with Gasteiger partial charge in [-0.1, -0.05) is 61.5 Å². The van der Waals surface area contributed by atoms with Crippen molar-refractivity contribution in [3.63, 3.8) is 0 Å². The predicted octanol–water partition coefficient (Wildman–Crippen LogP) is 4.44. The van der Waals surface area contributed by atoms with Gasteiger partial charge in [-0.15, -0.1) is 0 Å². The maximum Gasteiger partial charge on any atom is 0.264 e. The second kappa shape index (κ2) is 12.5. The Hall–Kier alpha value is -3.65. The van der Waals surface area contributed by atoms with Crippen molar-refractivity contribution in [1.29, 1.82) is 0 Å². The number of rotatable bonds is 11. The Bertz CT molecular complexity index is 1310. The summed E-state index contributed by atoms with van der Waals surface area (Å²) in [6.45, 7) is 7.68. The van der Waals surface area contributed by atoms with Gasteiger partial charge in [-0.2, -0.15) is 0 Å². The summed E-state index contributed by atoms with van der Waals surface area (Å²) in [7, 11) is -4.06. The van der Waals surface area contributed by atoms with Crippen molar-refractivity contribution in [1.82, 2.24) is 10.2 Å². The van der Waals surface area contributed by atoms with Gasteiger partial charge in [0.1, 0.15) is 12.6 Å². The molecule has 1 atom stereocenters. The van der Waals surface area contributed by atoms with E-state index in [1.54, 1.807) is 37.3 Å². The molecule has 0 aliphatic carbocycles. The molecule has 0 heterocycles. The number of nitrogens with one attached hydrogen (secondary N) is 1. The van der Waals surface area contributed by atoms with E-state index in [1.807, 2.05) is 57.2 Å². The molecule has 8 heteroatoms. The fraction of sp³-hybridized carbons (Fsp3) is 0.310. The first-order valence-corrected chi connectivity index (χ1v) is 13.8. The Balaban J connectivity index is 2.02. The third-order valence-electron chi connectivity index (χ3n) is 6.30. The van der Waals surface area contributed by atoms with Gasteiger partial charge in [0.05, 0.1) is 10.6 Å². The number of aryl methyl sites for hydroxylation is 2. The quantitative estimate of drug-likeness (QED) is 0.404. The van der Waals surface area contributed by atoms with E-state index in [-0.39, 0.29) is 17.3 Å². The monoisotopic (exact) mass is 521 g/mol. The van der Waals surface area contributed by atoms with E-state index in [0.717, 1.165) is 27.4 Å². The first-order chi connectivity index (χ1) is 17.6. The molecular formula is C29H35N3O4S. The Morgan fingerprint density at radius 3 is 2.11 bits per heavy atom. The molecule has 0 bridgehead atoms. The summed E-state index contributed by atoms with van der Waals surface area (Å²) in [5.41, 5.74) is 3.16. The second-order valence-corrected chi connectivity index (χ2v) is 10.9. The van der Waals surface area contributed by atoms with Crippen LogP contribution in [0.15, 0.2) is 83.8 Å². The molecule has 37 heavy (non-hydrogen) atoms. The lowest BCUT2D eigenvalue weighted by molar-refractivity contribution is -0.139. The molecule has 0 aliphatic heterocycles. The molecule has 0 spiro atoms. The molecular weight excluding hydrogens is 486 g/mol. The maximum atomic E-state index is 13.8. The number of benzene rings is 3. The summed E-state index contributed by atoms with van der Waals surface area (Å²) in [4.78, 5) is 28.2. The molecule has 0 saturated carbocycles. The minimum Gasteiger partial charge on any atom is -0.354 e. The van der Waals surface area contributed by atoms with Crippen molar-refractivity contribution in [3.05, 3.63) is 95.6 Å². The largest absolute Gasteiger partial charge is 0.354 e. The highest BCUT2D eigenvalue weighted by Gasteiger charge is 2.32. The smallest absolute Gasteiger partial charge is 0.264 e. The molecule has 0 aromatic heterocycles. The highest BCUT2D eigenvalue weighted by atomic mass is 32.2. The van der Waals surface area contributed by atoms with Crippen LogP contribution in [0.3, 0.4) is 0 Å². The number of hydrogen-bond donors (Lipinski definition) is 1. The third-order valence-corrected chi connectivity index (χ3v) is 8.09. The fourth-order valence-corrected chi connectivity index (χ4v) is 5.31. The lowest BCUT2D eigenvalue weighted by atomic mass is 10.1. The lowest BCUT2D eigenvalue weighted by Crippen LogP contribution is -2.51. The van der Waals surface area contributed by atoms with E-state index in [0.29, 0.717) is 12.2 Å². The Kier molecular flexibility index (Phi) is 9.47. The highest BCUT2D eigenvalue weighted by Crippen LogP contribution is 2.26. The standard InChI is InChI=1S/C29H35N3O4S/c1-5-18-30-29(34)24(4)31(20-25-12-8-6-9-13-25)28(33)21-32(26-17-16-22(2)23(3)19-26)37(35,36)27-14-10-7-11-15-27/h6-17,19,24H,5,18,20-21H2,1-4H3,(H,30,34). The zero-order chi connectivity index (χ0) is 27.0. The van der Waals surface area contributed by atoms with E-state index in [2.05, 4.69) is 5.32 Å². The molecule has 7 nitrogen and oxygen atoms in total. The van der Waals surface area contributed by atoms with Crippen LogP contribution in [0.4, 0.5) is 5.69 Å². The van der Waals surface area contributed by atoms with Crippen LogP contribution in [0.2, 0.25) is 0 Å². The number of sulfonamides is 1. The molecule has 3 aromatic carbocycles. The zero-order valence-corrected chi connectivity index (χ0v) is 22.7. The van der Waals surface area contributed by atoms with Gasteiger partial charge in [-0.3, -0.25) is 13.9 Å². The van der Waals surface area contributed by atoms with Crippen LogP contribution in [0.1, 0.15) is 37.0 Å². The van der Waals surface area contributed by atoms with Crippen molar-refractivity contribution in [2.45, 2.75) is 51.6 Å². The van der Waals surface area contributed by atoms with Crippen LogP contribution >= 0.6 is 0 Å². The predicted molar refractivity (Wildman–Crippen MR) is 147 cm³/mol. The highest BCUT2D eigenvalue weighted by molar-refractivity contribution is 7.92. The summed E-state index contributed by atoms with van der Waals surface area (Å²) in [5.74, 6) is -0.754. The van der Waals surface area contributed by atoms with E-state index >= 15 is 0 Å². The number of anilines is 1. The van der Waals surface area contributed by atoms with Gasteiger partial charge in [-0.25, -0.2) is 8.42 Å². The summed E-state index contributed by atoms with van der Waals surface area (Å²) in [6, 6.07) is 21.9. The molecule has 1 unspecified atom stereocenters. The van der Waals surface area contributed by atoms with Crippen LogP contribution in [-0.2, 0) is 26.2 Å². The van der Waals surface area contributed by atoms with Crippen molar-refractivity contribution in [2.75, 3.05) is 17.4 Å². The molecule has 196 valence electrons. The molecule has 0 aliphatic rings. The van der Waals surface area contributed by atoms with Crippen molar-refractivity contribution < 1.29 is 18.0 Å². The Labute approximate surface area is 220 Å². The number of hydrogen-bond acceptors (Lipinski definition) is 4. The Morgan fingerprint density at radius 1 is 0.892 bits per heavy atom. The van der Waals surface area contributed by atoms with Gasteiger partial charge < -0.3 is 10.2 Å². The number of carbonyl (C=O) groups is 2. The number of nitrogens with zero attached hydrogens (tertiary/aromatic N) is 2. The van der Waals surface area contributed by atoms with E-state index in [4.69, 9.17) is 0 Å². The lowest BCUT2D eigenvalue weighted by Gasteiger charge is -2.32. The normalized spacial score (nSPS) is 12.0. The first kappa shape index (κ1) is 27.9. The van der Waals surface area contributed by atoms with E-state index in [1.165, 1.54) is 17.0 Å². The summed E-state index contributed by atoms with van der Waals surface area (Å²) < 4.78 is 28.7. The number of amides is 2. The third kappa shape index (κ3) is 6.98. The molecule has 3 rings (SSSR count). The molecule has 3 aromatic rings. The zero-order valence-electron chi connectivity index (χ0n) is 21.8. The average molecular weight is 522 g/mol. The molecule has 1 N–H and O–H groups in total. The minimum absolute atomic E-state index is 0.0874. The average Bonchev–Trinajstić information content (AvgIpc) is 2.91. The minimum atomic E-state index is -4.06. The van der Waals surface area contributed by atoms with Crippen LogP contribution in [0.25, 0.3) is 0 Å². The molecule has 2 amide bonds. The van der Waals surface area contributed by atoms with E-state index in [9.17, 15) is 18.0 Å². The second-order valence-electron chi connectivity index (χ2n) is 9.07. The van der Waals surface area contributed by atoms with Gasteiger partial charge in [0.25, 0.3) is 10.0 Å².